The first-order chi connectivity index (χ1) is 14.7. The average molecular weight is 458 g/mol. The summed E-state index contributed by atoms with van der Waals surface area (Å²) in [5.74, 6) is 0.00927. The van der Waals surface area contributed by atoms with Gasteiger partial charge in [0.05, 0.1) is 16.3 Å². The van der Waals surface area contributed by atoms with Gasteiger partial charge in [0.2, 0.25) is 6.41 Å². The highest BCUT2D eigenvalue weighted by molar-refractivity contribution is 7.90. The van der Waals surface area contributed by atoms with Crippen LogP contribution in [0.5, 0.6) is 0 Å². The maximum absolute atomic E-state index is 11.9. The van der Waals surface area contributed by atoms with Gasteiger partial charge in [-0.1, -0.05) is 24.3 Å². The van der Waals surface area contributed by atoms with Gasteiger partial charge in [-0.05, 0) is 48.2 Å². The molecule has 0 spiro atoms. The Bertz CT molecular complexity index is 1200. The van der Waals surface area contributed by atoms with Gasteiger partial charge in [-0.15, -0.1) is 11.3 Å². The number of amides is 1. The predicted molar refractivity (Wildman–Crippen MR) is 123 cm³/mol. The van der Waals surface area contributed by atoms with E-state index in [1.807, 2.05) is 30.3 Å². The van der Waals surface area contributed by atoms with Crippen molar-refractivity contribution in [3.8, 4) is 0 Å². The van der Waals surface area contributed by atoms with Gasteiger partial charge in [-0.2, -0.15) is 0 Å². The van der Waals surface area contributed by atoms with E-state index in [1.165, 1.54) is 17.6 Å². The van der Waals surface area contributed by atoms with Gasteiger partial charge in [0, 0.05) is 17.6 Å². The number of aryl methyl sites for hydroxylation is 2. The molecule has 0 atom stereocenters. The number of aliphatic imine (C=N–C) groups is 1. The van der Waals surface area contributed by atoms with Gasteiger partial charge < -0.3 is 16.8 Å². The second-order valence-corrected chi connectivity index (χ2v) is 10.0. The quantitative estimate of drug-likeness (QED) is 0.256. The molecule has 5 N–H and O–H groups in total. The molecule has 0 saturated heterocycles. The standard InChI is InChI=1S/C21H23N5O3S2/c1-31(28,29)17-4-2-3-15(11-17)12-19-18(26-21(30-19)24-13-27)10-7-14-5-8-16(9-6-14)25-20(22)23/h2-6,8-9,11,13H,7,10,12H2,1H3,(H4,22,23,25)(H,24,26,27). The fraction of sp³-hybridized carbons (Fsp3) is 0.190. The van der Waals surface area contributed by atoms with Gasteiger partial charge in [-0.25, -0.2) is 18.4 Å². The molecule has 8 nitrogen and oxygen atoms in total. The van der Waals surface area contributed by atoms with Crippen molar-refractivity contribution in [2.75, 3.05) is 11.6 Å². The fourth-order valence-electron chi connectivity index (χ4n) is 3.05. The first kappa shape index (κ1) is 22.4. The first-order valence-electron chi connectivity index (χ1n) is 9.41. The zero-order chi connectivity index (χ0) is 22.4. The van der Waals surface area contributed by atoms with Gasteiger partial charge in [0.1, 0.15) is 0 Å². The van der Waals surface area contributed by atoms with Crippen LogP contribution in [-0.2, 0) is 33.9 Å². The van der Waals surface area contributed by atoms with E-state index in [9.17, 15) is 13.2 Å². The molecule has 162 valence electrons. The smallest absolute Gasteiger partial charge is 0.213 e. The number of carbonyl (C=O) groups excluding carboxylic acids is 1. The lowest BCUT2D eigenvalue weighted by molar-refractivity contribution is -0.105. The number of carbonyl (C=O) groups is 1. The van der Waals surface area contributed by atoms with E-state index in [1.54, 1.807) is 18.2 Å². The highest BCUT2D eigenvalue weighted by Crippen LogP contribution is 2.27. The third-order valence-electron chi connectivity index (χ3n) is 4.50. The molecule has 0 aliphatic carbocycles. The molecule has 1 aromatic heterocycles. The van der Waals surface area contributed by atoms with Crippen molar-refractivity contribution in [3.63, 3.8) is 0 Å². The lowest BCUT2D eigenvalue weighted by Crippen LogP contribution is -2.21. The van der Waals surface area contributed by atoms with Crippen LogP contribution in [0.1, 0.15) is 21.7 Å². The van der Waals surface area contributed by atoms with Crippen LogP contribution in [0.3, 0.4) is 0 Å². The third kappa shape index (κ3) is 6.37. The number of hydrogen-bond acceptors (Lipinski definition) is 6. The highest BCUT2D eigenvalue weighted by Gasteiger charge is 2.14. The Kier molecular flexibility index (Phi) is 7.03. The Morgan fingerprint density at radius 1 is 1.13 bits per heavy atom. The number of nitrogens with one attached hydrogen (secondary N) is 1. The summed E-state index contributed by atoms with van der Waals surface area (Å²) in [6, 6.07) is 14.5. The number of rotatable bonds is 9. The Balaban J connectivity index is 1.79. The van der Waals surface area contributed by atoms with Crippen LogP contribution >= 0.6 is 11.3 Å². The van der Waals surface area contributed by atoms with Gasteiger partial charge >= 0.3 is 0 Å². The van der Waals surface area contributed by atoms with E-state index in [4.69, 9.17) is 11.5 Å². The normalized spacial score (nSPS) is 11.1. The van der Waals surface area contributed by atoms with Crippen molar-refractivity contribution in [1.82, 2.24) is 4.98 Å². The minimum atomic E-state index is -3.28. The van der Waals surface area contributed by atoms with Crippen molar-refractivity contribution in [2.24, 2.45) is 16.5 Å². The number of sulfone groups is 1. The number of guanidine groups is 1. The van der Waals surface area contributed by atoms with Crippen molar-refractivity contribution in [1.29, 1.82) is 0 Å². The second kappa shape index (κ2) is 9.71. The van der Waals surface area contributed by atoms with E-state index in [0.29, 0.717) is 30.1 Å². The number of thiazole rings is 1. The SMILES string of the molecule is CS(=O)(=O)c1cccc(Cc2sc(NC=O)nc2CCc2ccc(N=C(N)N)cc2)c1. The number of anilines is 1. The molecule has 3 aromatic rings. The van der Waals surface area contributed by atoms with E-state index in [2.05, 4.69) is 15.3 Å². The maximum Gasteiger partial charge on any atom is 0.213 e. The molecule has 0 saturated carbocycles. The zero-order valence-corrected chi connectivity index (χ0v) is 18.5. The Labute approximate surface area is 185 Å². The summed E-state index contributed by atoms with van der Waals surface area (Å²) in [6.45, 7) is 0. The Morgan fingerprint density at radius 2 is 1.87 bits per heavy atom. The lowest BCUT2D eigenvalue weighted by atomic mass is 10.0. The van der Waals surface area contributed by atoms with E-state index < -0.39 is 9.84 Å². The number of benzene rings is 2. The molecular weight excluding hydrogens is 434 g/mol. The molecular formula is C21H23N5O3S2. The van der Waals surface area contributed by atoms with Gasteiger partial charge in [0.25, 0.3) is 0 Å². The molecule has 0 aliphatic heterocycles. The Hall–Kier alpha value is -3.24. The molecule has 3 rings (SSSR count). The molecule has 1 amide bonds. The summed E-state index contributed by atoms with van der Waals surface area (Å²) >= 11 is 1.39. The van der Waals surface area contributed by atoms with Crippen LogP contribution in [0.4, 0.5) is 10.8 Å². The molecule has 2 aromatic carbocycles. The molecule has 0 unspecified atom stereocenters. The van der Waals surface area contributed by atoms with Crippen LogP contribution < -0.4 is 16.8 Å². The van der Waals surface area contributed by atoms with Crippen molar-refractivity contribution >= 4 is 44.4 Å². The number of hydrogen-bond donors (Lipinski definition) is 3. The molecule has 0 aliphatic rings. The molecule has 0 bridgehead atoms. The summed E-state index contributed by atoms with van der Waals surface area (Å²) in [7, 11) is -3.28. The molecule has 0 radical (unpaired) electrons. The fourth-order valence-corrected chi connectivity index (χ4v) is 4.74. The number of nitrogens with two attached hydrogens (primary N) is 2. The highest BCUT2D eigenvalue weighted by atomic mass is 32.2. The third-order valence-corrected chi connectivity index (χ3v) is 6.64. The number of aromatic nitrogens is 1. The average Bonchev–Trinajstić information content (AvgIpc) is 3.08. The van der Waals surface area contributed by atoms with Crippen LogP contribution in [0.15, 0.2) is 58.4 Å². The molecule has 31 heavy (non-hydrogen) atoms. The molecule has 0 fully saturated rings. The predicted octanol–water partition coefficient (Wildman–Crippen LogP) is 2.40. The summed E-state index contributed by atoms with van der Waals surface area (Å²) < 4.78 is 23.7. The van der Waals surface area contributed by atoms with Crippen molar-refractivity contribution in [2.45, 2.75) is 24.2 Å². The summed E-state index contributed by atoms with van der Waals surface area (Å²) in [4.78, 5) is 20.7. The van der Waals surface area contributed by atoms with Crippen LogP contribution in [0.2, 0.25) is 0 Å². The lowest BCUT2D eigenvalue weighted by Gasteiger charge is -2.06. The molecule has 10 heteroatoms. The van der Waals surface area contributed by atoms with Gasteiger partial charge in [0.15, 0.2) is 20.9 Å². The summed E-state index contributed by atoms with van der Waals surface area (Å²) in [5, 5.41) is 3.12. The monoisotopic (exact) mass is 457 g/mol. The topological polar surface area (TPSA) is 141 Å². The van der Waals surface area contributed by atoms with Crippen molar-refractivity contribution in [3.05, 3.63) is 70.2 Å². The second-order valence-electron chi connectivity index (χ2n) is 6.95. The van der Waals surface area contributed by atoms with Crippen molar-refractivity contribution < 1.29 is 13.2 Å². The van der Waals surface area contributed by atoms with Gasteiger partial charge in [-0.3, -0.25) is 4.79 Å². The minimum absolute atomic E-state index is 0.00927. The Morgan fingerprint density at radius 3 is 2.52 bits per heavy atom. The van der Waals surface area contributed by atoms with Crippen LogP contribution in [0.25, 0.3) is 0 Å². The van der Waals surface area contributed by atoms with Crippen LogP contribution in [-0.4, -0.2) is 32.0 Å². The molecule has 1 heterocycles. The van der Waals surface area contributed by atoms with E-state index >= 15 is 0 Å². The summed E-state index contributed by atoms with van der Waals surface area (Å²) in [5.41, 5.74) is 14.3. The summed E-state index contributed by atoms with van der Waals surface area (Å²) in [6.07, 6.45) is 3.72. The minimum Gasteiger partial charge on any atom is -0.370 e. The zero-order valence-electron chi connectivity index (χ0n) is 16.9. The largest absolute Gasteiger partial charge is 0.370 e. The van der Waals surface area contributed by atoms with E-state index in [0.717, 1.165) is 28.1 Å². The van der Waals surface area contributed by atoms with Crippen LogP contribution in [0, 0.1) is 0 Å². The maximum atomic E-state index is 11.9. The first-order valence-corrected chi connectivity index (χ1v) is 12.1. The number of nitrogens with zero attached hydrogens (tertiary/aromatic N) is 2. The van der Waals surface area contributed by atoms with E-state index in [-0.39, 0.29) is 10.9 Å².